The summed E-state index contributed by atoms with van der Waals surface area (Å²) in [6, 6.07) is 21.3. The van der Waals surface area contributed by atoms with Gasteiger partial charge in [0, 0.05) is 15.7 Å². The van der Waals surface area contributed by atoms with Crippen LogP contribution in [-0.2, 0) is 26.3 Å². The third-order valence-corrected chi connectivity index (χ3v) is 6.99. The average molecular weight is 392 g/mol. The van der Waals surface area contributed by atoms with Gasteiger partial charge < -0.3 is 0 Å². The van der Waals surface area contributed by atoms with Gasteiger partial charge in [0.1, 0.15) is 7.05 Å². The van der Waals surface area contributed by atoms with Gasteiger partial charge in [0.2, 0.25) is 5.69 Å². The van der Waals surface area contributed by atoms with E-state index >= 15 is 0 Å². The first kappa shape index (κ1) is 14.7. The van der Waals surface area contributed by atoms with Gasteiger partial charge in [-0.15, -0.1) is 0 Å². The number of aromatic nitrogens is 1. The van der Waals surface area contributed by atoms with Crippen LogP contribution >= 0.6 is 0 Å². The molecule has 1 heterocycles. The van der Waals surface area contributed by atoms with E-state index in [-0.39, 0.29) is 0 Å². The van der Waals surface area contributed by atoms with Crippen molar-refractivity contribution in [3.63, 3.8) is 0 Å². The number of hydrogen-bond acceptors (Lipinski definition) is 0. The quantitative estimate of drug-likeness (QED) is 0.309. The van der Waals surface area contributed by atoms with E-state index in [9.17, 15) is 0 Å². The lowest BCUT2D eigenvalue weighted by atomic mass is 9.77. The minimum atomic E-state index is -2.11. The maximum atomic E-state index is 7.81. The summed E-state index contributed by atoms with van der Waals surface area (Å²) in [6.45, 7) is 0.141. The van der Waals surface area contributed by atoms with E-state index in [1.54, 1.807) is 12.3 Å². The molecule has 0 amide bonds. The van der Waals surface area contributed by atoms with Crippen LogP contribution in [0.1, 0.15) is 48.6 Å². The monoisotopic (exact) mass is 391 g/mol. The van der Waals surface area contributed by atoms with Gasteiger partial charge in [-0.25, -0.2) is 4.57 Å². The summed E-state index contributed by atoms with van der Waals surface area (Å²) in [6.07, 6.45) is 4.56. The summed E-state index contributed by atoms with van der Waals surface area (Å²) < 4.78 is 25.4. The van der Waals surface area contributed by atoms with Crippen LogP contribution in [-0.4, -0.2) is 0 Å². The SMILES string of the molecule is [2H]C([2H])([2H])c1ccc(-c2c(C)c3c(c4c2Cc2ccccc2C4)-c2ccccc2C3)[n+](C)c1. The molecule has 0 aliphatic heterocycles. The molecule has 3 aromatic carbocycles. The number of aryl methyl sites for hydroxylation is 2. The van der Waals surface area contributed by atoms with E-state index < -0.39 is 6.85 Å². The normalized spacial score (nSPS) is 15.3. The predicted molar refractivity (Wildman–Crippen MR) is 123 cm³/mol. The Balaban J connectivity index is 1.64. The molecule has 0 bridgehead atoms. The molecule has 1 aromatic heterocycles. The number of fused-ring (bicyclic) bond motifs is 6. The molecule has 30 heavy (non-hydrogen) atoms. The van der Waals surface area contributed by atoms with Crippen LogP contribution in [0.2, 0.25) is 0 Å². The van der Waals surface area contributed by atoms with Gasteiger partial charge in [0.25, 0.3) is 0 Å². The van der Waals surface area contributed by atoms with Crippen molar-refractivity contribution in [1.82, 2.24) is 0 Å². The van der Waals surface area contributed by atoms with E-state index in [4.69, 9.17) is 4.11 Å². The van der Waals surface area contributed by atoms with E-state index in [2.05, 4.69) is 55.5 Å². The zero-order valence-corrected chi connectivity index (χ0v) is 17.4. The molecule has 146 valence electrons. The van der Waals surface area contributed by atoms with Crippen molar-refractivity contribution >= 4 is 0 Å². The third-order valence-electron chi connectivity index (χ3n) is 6.99. The first-order valence-corrected chi connectivity index (χ1v) is 10.7. The lowest BCUT2D eigenvalue weighted by molar-refractivity contribution is -0.660. The molecule has 4 aromatic rings. The average Bonchev–Trinajstić information content (AvgIpc) is 3.19. The van der Waals surface area contributed by atoms with E-state index in [1.807, 2.05) is 17.7 Å². The van der Waals surface area contributed by atoms with Crippen LogP contribution in [0.4, 0.5) is 0 Å². The maximum absolute atomic E-state index is 7.81. The molecule has 0 saturated carbocycles. The fraction of sp³-hybridized carbons (Fsp3) is 0.207. The van der Waals surface area contributed by atoms with E-state index in [0.29, 0.717) is 5.56 Å². The van der Waals surface area contributed by atoms with Crippen molar-refractivity contribution in [1.29, 1.82) is 0 Å². The molecule has 0 fully saturated rings. The van der Waals surface area contributed by atoms with Crippen LogP contribution < -0.4 is 4.57 Å². The highest BCUT2D eigenvalue weighted by molar-refractivity contribution is 5.88. The zero-order chi connectivity index (χ0) is 22.9. The minimum Gasteiger partial charge on any atom is -0.201 e. The lowest BCUT2D eigenvalue weighted by Crippen LogP contribution is -2.32. The van der Waals surface area contributed by atoms with Gasteiger partial charge in [-0.2, -0.15) is 0 Å². The Morgan fingerprint density at radius 2 is 1.37 bits per heavy atom. The molecule has 0 atom stereocenters. The first-order chi connectivity index (χ1) is 15.8. The molecule has 0 radical (unpaired) electrons. The summed E-state index contributed by atoms with van der Waals surface area (Å²) >= 11 is 0. The molecule has 0 spiro atoms. The highest BCUT2D eigenvalue weighted by Crippen LogP contribution is 2.48. The number of rotatable bonds is 1. The molecule has 0 N–H and O–H groups in total. The number of benzene rings is 3. The molecule has 1 nitrogen and oxygen atoms in total. The van der Waals surface area contributed by atoms with E-state index in [0.717, 1.165) is 25.0 Å². The fourth-order valence-corrected chi connectivity index (χ4v) is 5.59. The van der Waals surface area contributed by atoms with Crippen LogP contribution in [0.3, 0.4) is 0 Å². The number of nitrogens with zero attached hydrogens (tertiary/aromatic N) is 1. The second-order valence-electron chi connectivity index (χ2n) is 8.68. The summed E-state index contributed by atoms with van der Waals surface area (Å²) in [5, 5.41) is 0. The van der Waals surface area contributed by atoms with E-state index in [1.165, 1.54) is 55.6 Å². The summed E-state index contributed by atoms with van der Waals surface area (Å²) in [4.78, 5) is 0. The van der Waals surface area contributed by atoms with Crippen molar-refractivity contribution < 1.29 is 8.68 Å². The number of hydrogen-bond donors (Lipinski definition) is 0. The van der Waals surface area contributed by atoms with Crippen LogP contribution in [0.25, 0.3) is 22.4 Å². The van der Waals surface area contributed by atoms with Gasteiger partial charge in [0.05, 0.1) is 5.56 Å². The van der Waals surface area contributed by atoms with Crippen molar-refractivity contribution in [3.8, 4) is 22.4 Å². The molecular formula is C29H26N+. The largest absolute Gasteiger partial charge is 0.212 e. The third kappa shape index (κ3) is 2.45. The molecule has 0 saturated heterocycles. The van der Waals surface area contributed by atoms with Gasteiger partial charge in [-0.05, 0) is 89.2 Å². The van der Waals surface area contributed by atoms with Gasteiger partial charge in [-0.1, -0.05) is 48.5 Å². The van der Waals surface area contributed by atoms with Gasteiger partial charge in [0.15, 0.2) is 6.20 Å². The first-order valence-electron chi connectivity index (χ1n) is 12.2. The Labute approximate surface area is 182 Å². The molecule has 0 unspecified atom stereocenters. The Morgan fingerprint density at radius 3 is 2.07 bits per heavy atom. The van der Waals surface area contributed by atoms with Crippen LogP contribution in [0, 0.1) is 13.8 Å². The molecule has 6 rings (SSSR count). The zero-order valence-electron chi connectivity index (χ0n) is 20.4. The lowest BCUT2D eigenvalue weighted by Gasteiger charge is -2.27. The Kier molecular flexibility index (Phi) is 3.15. The topological polar surface area (TPSA) is 3.88 Å². The van der Waals surface area contributed by atoms with Crippen molar-refractivity contribution in [2.24, 2.45) is 7.05 Å². The Bertz CT molecular complexity index is 1450. The van der Waals surface area contributed by atoms with Crippen LogP contribution in [0.5, 0.6) is 0 Å². The summed E-state index contributed by atoms with van der Waals surface area (Å²) in [5.41, 5.74) is 15.3. The van der Waals surface area contributed by atoms with Gasteiger partial charge in [-0.3, -0.25) is 0 Å². The smallest absolute Gasteiger partial charge is 0.201 e. The van der Waals surface area contributed by atoms with Crippen LogP contribution in [0.15, 0.2) is 66.9 Å². The Morgan fingerprint density at radius 1 is 0.733 bits per heavy atom. The van der Waals surface area contributed by atoms with Crippen molar-refractivity contribution in [3.05, 3.63) is 111 Å². The summed E-state index contributed by atoms with van der Waals surface area (Å²) in [7, 11) is 1.97. The predicted octanol–water partition coefficient (Wildman–Crippen LogP) is 5.86. The van der Waals surface area contributed by atoms with Gasteiger partial charge >= 0.3 is 0 Å². The molecular weight excluding hydrogens is 362 g/mol. The highest BCUT2D eigenvalue weighted by Gasteiger charge is 2.32. The van der Waals surface area contributed by atoms with Crippen molar-refractivity contribution in [2.45, 2.75) is 33.0 Å². The fourth-order valence-electron chi connectivity index (χ4n) is 5.59. The second-order valence-corrected chi connectivity index (χ2v) is 8.68. The number of pyridine rings is 1. The standard InChI is InChI=1S/C29H26N/c1-18-12-13-27(30(3)17-18)28-19(2)24-16-22-10-6-7-11-23(22)29(24)26-15-21-9-5-4-8-20(21)14-25(26)28/h4-13,17H,14-16H2,1-3H3/q+1/i1D3. The Hall–Kier alpha value is -3.19. The molecule has 1 heteroatoms. The highest BCUT2D eigenvalue weighted by atomic mass is 14.9. The minimum absolute atomic E-state index is 0.374. The molecule has 2 aliphatic carbocycles. The maximum Gasteiger partial charge on any atom is 0.212 e. The molecule has 2 aliphatic rings. The summed E-state index contributed by atoms with van der Waals surface area (Å²) in [5.74, 6) is 0. The second kappa shape index (κ2) is 6.40. The van der Waals surface area contributed by atoms with Crippen molar-refractivity contribution in [2.75, 3.05) is 0 Å².